The molecule has 0 unspecified atom stereocenters. The summed E-state index contributed by atoms with van der Waals surface area (Å²) < 4.78 is 5.66. The smallest absolute Gasteiger partial charge is 0.260 e. The zero-order chi connectivity index (χ0) is 22.1. The van der Waals surface area contributed by atoms with Crippen molar-refractivity contribution >= 4 is 17.6 Å². The van der Waals surface area contributed by atoms with Crippen LogP contribution in [0.15, 0.2) is 30.3 Å². The molecule has 2 amide bonds. The minimum Gasteiger partial charge on any atom is -0.484 e. The minimum atomic E-state index is -0.0150. The first-order chi connectivity index (χ1) is 15.6. The average Bonchev–Trinajstić information content (AvgIpc) is 3.64. The highest BCUT2D eigenvalue weighted by molar-refractivity contribution is 5.95. The van der Waals surface area contributed by atoms with Gasteiger partial charge in [0, 0.05) is 43.2 Å². The third-order valence-corrected chi connectivity index (χ3v) is 6.74. The molecule has 1 atom stereocenters. The first-order valence-electron chi connectivity index (χ1n) is 11.7. The van der Waals surface area contributed by atoms with Crippen LogP contribution in [0.5, 0.6) is 5.75 Å². The van der Waals surface area contributed by atoms with E-state index in [0.29, 0.717) is 31.1 Å². The van der Waals surface area contributed by atoms with Crippen LogP contribution in [0.1, 0.15) is 55.1 Å². The topological polar surface area (TPSA) is 75.6 Å². The summed E-state index contributed by atoms with van der Waals surface area (Å²) in [6.07, 6.45) is 5.50. The van der Waals surface area contributed by atoms with Crippen LogP contribution in [0.2, 0.25) is 0 Å². The Bertz CT molecular complexity index is 1010. The highest BCUT2D eigenvalue weighted by atomic mass is 16.5. The second-order valence-electron chi connectivity index (χ2n) is 9.20. The number of fused-ring (bicyclic) bond motifs is 1. The van der Waals surface area contributed by atoms with Gasteiger partial charge in [-0.15, -0.1) is 0 Å². The Kier molecular flexibility index (Phi) is 5.81. The largest absolute Gasteiger partial charge is 0.484 e. The van der Waals surface area contributed by atoms with Crippen molar-refractivity contribution in [1.82, 2.24) is 14.9 Å². The average molecular weight is 435 g/mol. The quantitative estimate of drug-likeness (QED) is 0.698. The lowest BCUT2D eigenvalue weighted by molar-refractivity contribution is -0.134. The number of anilines is 1. The number of hydrogen-bond acceptors (Lipinski definition) is 5. The lowest BCUT2D eigenvalue weighted by Crippen LogP contribution is -2.42. The number of ether oxygens (including phenoxy) is 1. The summed E-state index contributed by atoms with van der Waals surface area (Å²) in [7, 11) is 0. The number of para-hydroxylation sites is 1. The van der Waals surface area contributed by atoms with Gasteiger partial charge >= 0.3 is 0 Å². The number of carbonyl (C=O) groups excluding carboxylic acids is 2. The molecule has 3 heterocycles. The Balaban J connectivity index is 1.31. The zero-order valence-corrected chi connectivity index (χ0v) is 18.6. The van der Waals surface area contributed by atoms with Gasteiger partial charge in [-0.05, 0) is 57.1 Å². The number of aryl methyl sites for hydroxylation is 1. The third kappa shape index (κ3) is 4.47. The van der Waals surface area contributed by atoms with Crippen molar-refractivity contribution in [3.05, 3.63) is 47.4 Å². The molecule has 2 aromatic rings. The van der Waals surface area contributed by atoms with E-state index in [9.17, 15) is 9.59 Å². The van der Waals surface area contributed by atoms with Gasteiger partial charge in [0.2, 0.25) is 5.91 Å². The summed E-state index contributed by atoms with van der Waals surface area (Å²) in [5.74, 6) is 3.11. The summed E-state index contributed by atoms with van der Waals surface area (Å²) in [4.78, 5) is 38.9. The summed E-state index contributed by atoms with van der Waals surface area (Å²) in [5.41, 5.74) is 2.07. The van der Waals surface area contributed by atoms with Gasteiger partial charge in [-0.1, -0.05) is 18.2 Å². The van der Waals surface area contributed by atoms with Crippen LogP contribution in [-0.4, -0.2) is 52.9 Å². The van der Waals surface area contributed by atoms with Crippen molar-refractivity contribution in [2.75, 3.05) is 31.1 Å². The molecule has 0 N–H and O–H groups in total. The van der Waals surface area contributed by atoms with E-state index in [1.54, 1.807) is 0 Å². The molecule has 2 aliphatic heterocycles. The SMILES string of the molecule is Cc1nc([C@H]2CCCN(C(=O)COc3ccccc3)C2)nc2c1CCC(=O)N2CC1CC1. The molecule has 1 saturated heterocycles. The Labute approximate surface area is 188 Å². The number of likely N-dealkylation sites (tertiary alicyclic amines) is 1. The predicted octanol–water partition coefficient (Wildman–Crippen LogP) is 3.26. The Morgan fingerprint density at radius 2 is 1.94 bits per heavy atom. The fraction of sp³-hybridized carbons (Fsp3) is 0.520. The highest BCUT2D eigenvalue weighted by Gasteiger charge is 2.34. The molecule has 1 aromatic heterocycles. The number of rotatable bonds is 6. The number of nitrogens with zero attached hydrogens (tertiary/aromatic N) is 4. The van der Waals surface area contributed by atoms with Crippen molar-refractivity contribution in [2.24, 2.45) is 5.92 Å². The molecule has 3 aliphatic rings. The van der Waals surface area contributed by atoms with Crippen LogP contribution in [0.3, 0.4) is 0 Å². The third-order valence-electron chi connectivity index (χ3n) is 6.74. The normalized spacial score (nSPS) is 20.8. The van der Waals surface area contributed by atoms with Crippen LogP contribution < -0.4 is 9.64 Å². The summed E-state index contributed by atoms with van der Waals surface area (Å²) in [6.45, 7) is 4.14. The standard InChI is InChI=1S/C25H30N4O3/c1-17-21-11-12-22(30)29(14-18-9-10-18)25(21)27-24(26-17)19-6-5-13-28(15-19)23(31)16-32-20-7-3-2-4-8-20/h2-4,7-8,18-19H,5-6,9-16H2,1H3/t19-/m0/s1. The highest BCUT2D eigenvalue weighted by Crippen LogP contribution is 2.36. The predicted molar refractivity (Wildman–Crippen MR) is 121 cm³/mol. The Hall–Kier alpha value is -2.96. The van der Waals surface area contributed by atoms with E-state index in [1.807, 2.05) is 47.1 Å². The molecule has 1 aromatic carbocycles. The van der Waals surface area contributed by atoms with Gasteiger partial charge in [0.1, 0.15) is 17.4 Å². The van der Waals surface area contributed by atoms with Crippen LogP contribution in [0, 0.1) is 12.8 Å². The van der Waals surface area contributed by atoms with E-state index >= 15 is 0 Å². The zero-order valence-electron chi connectivity index (χ0n) is 18.6. The van der Waals surface area contributed by atoms with Crippen molar-refractivity contribution in [2.45, 2.75) is 51.4 Å². The van der Waals surface area contributed by atoms with Crippen molar-refractivity contribution in [3.63, 3.8) is 0 Å². The molecule has 168 valence electrons. The molecule has 1 aliphatic carbocycles. The molecule has 2 fully saturated rings. The van der Waals surface area contributed by atoms with E-state index in [1.165, 1.54) is 12.8 Å². The summed E-state index contributed by atoms with van der Waals surface area (Å²) in [6, 6.07) is 9.41. The minimum absolute atomic E-state index is 0.0150. The molecule has 7 heteroatoms. The number of amides is 2. The number of piperidine rings is 1. The van der Waals surface area contributed by atoms with Crippen molar-refractivity contribution in [1.29, 1.82) is 0 Å². The van der Waals surface area contributed by atoms with Gasteiger partial charge < -0.3 is 9.64 Å². The van der Waals surface area contributed by atoms with Crippen LogP contribution in [-0.2, 0) is 16.0 Å². The summed E-state index contributed by atoms with van der Waals surface area (Å²) >= 11 is 0. The van der Waals surface area contributed by atoms with Crippen LogP contribution in [0.25, 0.3) is 0 Å². The molecule has 0 bridgehead atoms. The lowest BCUT2D eigenvalue weighted by Gasteiger charge is -2.34. The maximum absolute atomic E-state index is 12.8. The first-order valence-corrected chi connectivity index (χ1v) is 11.7. The van der Waals surface area contributed by atoms with Gasteiger partial charge in [-0.2, -0.15) is 0 Å². The lowest BCUT2D eigenvalue weighted by atomic mass is 9.96. The molecular formula is C25H30N4O3. The molecule has 5 rings (SSSR count). The number of aromatic nitrogens is 2. The van der Waals surface area contributed by atoms with Crippen molar-refractivity contribution in [3.8, 4) is 5.75 Å². The monoisotopic (exact) mass is 434 g/mol. The van der Waals surface area contributed by atoms with E-state index in [2.05, 4.69) is 0 Å². The maximum Gasteiger partial charge on any atom is 0.260 e. The fourth-order valence-corrected chi connectivity index (χ4v) is 4.70. The Morgan fingerprint density at radius 3 is 2.72 bits per heavy atom. The van der Waals surface area contributed by atoms with Gasteiger partial charge in [0.05, 0.1) is 0 Å². The first kappa shape index (κ1) is 20.9. The van der Waals surface area contributed by atoms with Crippen molar-refractivity contribution < 1.29 is 14.3 Å². The molecule has 32 heavy (non-hydrogen) atoms. The van der Waals surface area contributed by atoms with Crippen LogP contribution >= 0.6 is 0 Å². The summed E-state index contributed by atoms with van der Waals surface area (Å²) in [5, 5.41) is 0. The molecular weight excluding hydrogens is 404 g/mol. The van der Waals surface area contributed by atoms with E-state index in [4.69, 9.17) is 14.7 Å². The van der Waals surface area contributed by atoms with Gasteiger partial charge in [0.15, 0.2) is 6.61 Å². The molecule has 0 spiro atoms. The van der Waals surface area contributed by atoms with E-state index in [0.717, 1.165) is 48.8 Å². The molecule has 0 radical (unpaired) electrons. The molecule has 7 nitrogen and oxygen atoms in total. The van der Waals surface area contributed by atoms with Gasteiger partial charge in [0.25, 0.3) is 5.91 Å². The second-order valence-corrected chi connectivity index (χ2v) is 9.20. The number of carbonyl (C=O) groups is 2. The van der Waals surface area contributed by atoms with Crippen LogP contribution in [0.4, 0.5) is 5.82 Å². The number of benzene rings is 1. The molecule has 1 saturated carbocycles. The second kappa shape index (κ2) is 8.88. The van der Waals surface area contributed by atoms with Gasteiger partial charge in [-0.3, -0.25) is 14.5 Å². The maximum atomic E-state index is 12.8. The van der Waals surface area contributed by atoms with Gasteiger partial charge in [-0.25, -0.2) is 9.97 Å². The fourth-order valence-electron chi connectivity index (χ4n) is 4.70. The van der Waals surface area contributed by atoms with E-state index < -0.39 is 0 Å². The van der Waals surface area contributed by atoms with E-state index in [-0.39, 0.29) is 24.3 Å². The Morgan fingerprint density at radius 1 is 1.12 bits per heavy atom. The number of hydrogen-bond donors (Lipinski definition) is 0.